The second-order valence-corrected chi connectivity index (χ2v) is 4.90. The van der Waals surface area contributed by atoms with Gasteiger partial charge in [0, 0.05) is 19.6 Å². The molecule has 5 nitrogen and oxygen atoms in total. The van der Waals surface area contributed by atoms with Crippen LogP contribution in [0.15, 0.2) is 0 Å². The lowest BCUT2D eigenvalue weighted by Crippen LogP contribution is -2.32. The van der Waals surface area contributed by atoms with Crippen LogP contribution in [0.4, 0.5) is 5.95 Å². The van der Waals surface area contributed by atoms with Crippen molar-refractivity contribution in [3.05, 3.63) is 11.4 Å². The average molecular weight is 237 g/mol. The molecule has 1 unspecified atom stereocenters. The first kappa shape index (κ1) is 13.8. The highest BCUT2D eigenvalue weighted by atomic mass is 15.3. The smallest absolute Gasteiger partial charge is 0.245 e. The van der Waals surface area contributed by atoms with Gasteiger partial charge in [0.05, 0.1) is 11.4 Å². The summed E-state index contributed by atoms with van der Waals surface area (Å²) in [6.07, 6.45) is 0.935. The summed E-state index contributed by atoms with van der Waals surface area (Å²) in [4.78, 5) is 6.41. The Balaban J connectivity index is 2.58. The highest BCUT2D eigenvalue weighted by Crippen LogP contribution is 2.09. The standard InChI is InChI=1S/C12H23N5/c1-8(2)11(13)6-7-17(5)12-14-9(3)10(4)15-16-12/h8,11H,6-7,13H2,1-5H3. The van der Waals surface area contributed by atoms with E-state index < -0.39 is 0 Å². The molecule has 1 aromatic heterocycles. The molecule has 0 saturated heterocycles. The molecule has 5 heteroatoms. The summed E-state index contributed by atoms with van der Waals surface area (Å²) >= 11 is 0. The molecule has 0 bridgehead atoms. The molecule has 0 aromatic carbocycles. The minimum Gasteiger partial charge on any atom is -0.343 e. The molecule has 0 aliphatic rings. The lowest BCUT2D eigenvalue weighted by Gasteiger charge is -2.21. The van der Waals surface area contributed by atoms with E-state index in [0.717, 1.165) is 24.4 Å². The topological polar surface area (TPSA) is 67.9 Å². The molecule has 96 valence electrons. The van der Waals surface area contributed by atoms with Crippen LogP contribution >= 0.6 is 0 Å². The van der Waals surface area contributed by atoms with Gasteiger partial charge in [0.15, 0.2) is 0 Å². The quantitative estimate of drug-likeness (QED) is 0.836. The van der Waals surface area contributed by atoms with Crippen molar-refractivity contribution in [1.29, 1.82) is 0 Å². The number of anilines is 1. The SMILES string of the molecule is Cc1nnc(N(C)CCC(N)C(C)C)nc1C. The monoisotopic (exact) mass is 237 g/mol. The van der Waals surface area contributed by atoms with Crippen LogP contribution in [0.25, 0.3) is 0 Å². The van der Waals surface area contributed by atoms with Gasteiger partial charge in [0.1, 0.15) is 0 Å². The van der Waals surface area contributed by atoms with Crippen molar-refractivity contribution in [2.75, 3.05) is 18.5 Å². The van der Waals surface area contributed by atoms with Crippen LogP contribution in [0, 0.1) is 19.8 Å². The van der Waals surface area contributed by atoms with Crippen LogP contribution < -0.4 is 10.6 Å². The molecule has 0 saturated carbocycles. The summed E-state index contributed by atoms with van der Waals surface area (Å²) in [6.45, 7) is 8.98. The molecule has 1 heterocycles. The second-order valence-electron chi connectivity index (χ2n) is 4.90. The fourth-order valence-corrected chi connectivity index (χ4v) is 1.38. The fourth-order valence-electron chi connectivity index (χ4n) is 1.38. The molecule has 0 aliphatic heterocycles. The zero-order chi connectivity index (χ0) is 13.0. The Morgan fingerprint density at radius 3 is 2.35 bits per heavy atom. The van der Waals surface area contributed by atoms with Crippen molar-refractivity contribution in [3.8, 4) is 0 Å². The summed E-state index contributed by atoms with van der Waals surface area (Å²) in [7, 11) is 1.97. The van der Waals surface area contributed by atoms with E-state index >= 15 is 0 Å². The van der Waals surface area contributed by atoms with Gasteiger partial charge >= 0.3 is 0 Å². The minimum absolute atomic E-state index is 0.219. The number of nitrogens with zero attached hydrogens (tertiary/aromatic N) is 4. The maximum absolute atomic E-state index is 6.01. The summed E-state index contributed by atoms with van der Waals surface area (Å²) in [5.74, 6) is 1.17. The minimum atomic E-state index is 0.219. The van der Waals surface area contributed by atoms with Crippen LogP contribution in [0.3, 0.4) is 0 Å². The van der Waals surface area contributed by atoms with Gasteiger partial charge in [0.2, 0.25) is 5.95 Å². The van der Waals surface area contributed by atoms with E-state index in [1.165, 1.54) is 0 Å². The zero-order valence-corrected chi connectivity index (χ0v) is 11.4. The Labute approximate surface area is 103 Å². The maximum atomic E-state index is 6.01. The Morgan fingerprint density at radius 2 is 1.82 bits per heavy atom. The van der Waals surface area contributed by atoms with Gasteiger partial charge in [-0.15, -0.1) is 5.10 Å². The largest absolute Gasteiger partial charge is 0.343 e. The van der Waals surface area contributed by atoms with Crippen molar-refractivity contribution >= 4 is 5.95 Å². The van der Waals surface area contributed by atoms with Crippen LogP contribution in [0.5, 0.6) is 0 Å². The lowest BCUT2D eigenvalue weighted by atomic mass is 10.0. The molecule has 0 spiro atoms. The fraction of sp³-hybridized carbons (Fsp3) is 0.750. The van der Waals surface area contributed by atoms with E-state index in [-0.39, 0.29) is 6.04 Å². The van der Waals surface area contributed by atoms with Gasteiger partial charge in [-0.05, 0) is 26.2 Å². The number of nitrogens with two attached hydrogens (primary N) is 1. The number of hydrogen-bond donors (Lipinski definition) is 1. The first-order chi connectivity index (χ1) is 7.91. The van der Waals surface area contributed by atoms with Crippen molar-refractivity contribution in [2.45, 2.75) is 40.2 Å². The number of hydrogen-bond acceptors (Lipinski definition) is 5. The summed E-state index contributed by atoms with van der Waals surface area (Å²) in [6, 6.07) is 0.219. The van der Waals surface area contributed by atoms with Gasteiger partial charge in [-0.3, -0.25) is 0 Å². The van der Waals surface area contributed by atoms with Crippen LogP contribution in [-0.2, 0) is 0 Å². The molecule has 17 heavy (non-hydrogen) atoms. The molecular weight excluding hydrogens is 214 g/mol. The number of aromatic nitrogens is 3. The van der Waals surface area contributed by atoms with E-state index in [9.17, 15) is 0 Å². The third kappa shape index (κ3) is 3.93. The Bertz CT molecular complexity index is 364. The third-order valence-electron chi connectivity index (χ3n) is 3.08. The summed E-state index contributed by atoms with van der Waals surface area (Å²) in [5, 5.41) is 8.16. The van der Waals surface area contributed by atoms with E-state index in [1.807, 2.05) is 25.8 Å². The Hall–Kier alpha value is -1.23. The molecule has 1 atom stereocenters. The zero-order valence-electron chi connectivity index (χ0n) is 11.4. The molecule has 0 radical (unpaired) electrons. The van der Waals surface area contributed by atoms with E-state index in [2.05, 4.69) is 29.0 Å². The number of rotatable bonds is 5. The van der Waals surface area contributed by atoms with E-state index in [1.54, 1.807) is 0 Å². The molecule has 0 aliphatic carbocycles. The molecule has 0 fully saturated rings. The van der Waals surface area contributed by atoms with Gasteiger partial charge in [-0.1, -0.05) is 13.8 Å². The van der Waals surface area contributed by atoms with Crippen LogP contribution in [0.2, 0.25) is 0 Å². The van der Waals surface area contributed by atoms with E-state index in [4.69, 9.17) is 5.73 Å². The molecule has 1 rings (SSSR count). The highest BCUT2D eigenvalue weighted by molar-refractivity contribution is 5.28. The molecule has 1 aromatic rings. The highest BCUT2D eigenvalue weighted by Gasteiger charge is 2.11. The van der Waals surface area contributed by atoms with E-state index in [0.29, 0.717) is 11.9 Å². The van der Waals surface area contributed by atoms with Crippen LogP contribution in [0.1, 0.15) is 31.7 Å². The van der Waals surface area contributed by atoms with Gasteiger partial charge in [0.25, 0.3) is 0 Å². The van der Waals surface area contributed by atoms with Gasteiger partial charge in [-0.25, -0.2) is 4.98 Å². The predicted octanol–water partition coefficient (Wildman–Crippen LogP) is 1.30. The lowest BCUT2D eigenvalue weighted by molar-refractivity contribution is 0.465. The van der Waals surface area contributed by atoms with Crippen molar-refractivity contribution in [3.63, 3.8) is 0 Å². The van der Waals surface area contributed by atoms with Crippen molar-refractivity contribution in [2.24, 2.45) is 11.7 Å². The maximum Gasteiger partial charge on any atom is 0.245 e. The predicted molar refractivity (Wildman–Crippen MR) is 70.0 cm³/mol. The average Bonchev–Trinajstić information content (AvgIpc) is 2.28. The molecule has 0 amide bonds. The first-order valence-electron chi connectivity index (χ1n) is 6.06. The first-order valence-corrected chi connectivity index (χ1v) is 6.06. The summed E-state index contributed by atoms with van der Waals surface area (Å²) in [5.41, 5.74) is 7.82. The normalized spacial score (nSPS) is 12.9. The van der Waals surface area contributed by atoms with Gasteiger partial charge < -0.3 is 10.6 Å². The third-order valence-corrected chi connectivity index (χ3v) is 3.08. The second kappa shape index (κ2) is 5.91. The Kier molecular flexibility index (Phi) is 4.81. The molecule has 2 N–H and O–H groups in total. The number of aryl methyl sites for hydroxylation is 2. The van der Waals surface area contributed by atoms with Crippen LogP contribution in [-0.4, -0.2) is 34.8 Å². The van der Waals surface area contributed by atoms with Crippen molar-refractivity contribution in [1.82, 2.24) is 15.2 Å². The summed E-state index contributed by atoms with van der Waals surface area (Å²) < 4.78 is 0. The van der Waals surface area contributed by atoms with Crippen molar-refractivity contribution < 1.29 is 0 Å². The Morgan fingerprint density at radius 1 is 1.18 bits per heavy atom. The molecular formula is C12H23N5. The van der Waals surface area contributed by atoms with Gasteiger partial charge in [-0.2, -0.15) is 5.10 Å².